The molecule has 3 saturated heterocycles. The quantitative estimate of drug-likeness (QED) is 0.671. The van der Waals surface area contributed by atoms with Gasteiger partial charge in [-0.3, -0.25) is 14.4 Å². The van der Waals surface area contributed by atoms with E-state index < -0.39 is 6.04 Å². The van der Waals surface area contributed by atoms with Crippen LogP contribution >= 0.6 is 0 Å². The van der Waals surface area contributed by atoms with Gasteiger partial charge in [-0.2, -0.15) is 0 Å². The summed E-state index contributed by atoms with van der Waals surface area (Å²) in [5.41, 5.74) is 5.92. The van der Waals surface area contributed by atoms with Crippen molar-refractivity contribution in [2.75, 3.05) is 13.1 Å². The molecule has 1 aliphatic carbocycles. The third-order valence-corrected chi connectivity index (χ3v) is 5.64. The maximum absolute atomic E-state index is 12.8. The number of nitrogens with one attached hydrogen (secondary N) is 1. The van der Waals surface area contributed by atoms with E-state index in [2.05, 4.69) is 5.32 Å². The van der Waals surface area contributed by atoms with Crippen LogP contribution < -0.4 is 11.1 Å². The maximum atomic E-state index is 12.8. The summed E-state index contributed by atoms with van der Waals surface area (Å²) in [5.74, 6) is 0.0851. The summed E-state index contributed by atoms with van der Waals surface area (Å²) < 4.78 is 0. The predicted molar refractivity (Wildman–Crippen MR) is 77.5 cm³/mol. The molecule has 4 unspecified atom stereocenters. The number of carbonyl (C=O) groups is 3. The second-order valence-electron chi connectivity index (χ2n) is 7.01. The van der Waals surface area contributed by atoms with Crippen molar-refractivity contribution in [3.63, 3.8) is 0 Å². The van der Waals surface area contributed by atoms with Crippen molar-refractivity contribution in [3.8, 4) is 0 Å². The lowest BCUT2D eigenvalue weighted by Gasteiger charge is -2.40. The smallest absolute Gasteiger partial charge is 0.248 e. The van der Waals surface area contributed by atoms with E-state index in [4.69, 9.17) is 5.73 Å². The first kappa shape index (κ1) is 14.0. The fourth-order valence-corrected chi connectivity index (χ4v) is 4.17. The number of amides is 3. The zero-order valence-corrected chi connectivity index (χ0v) is 12.5. The zero-order valence-electron chi connectivity index (χ0n) is 12.5. The first-order chi connectivity index (χ1) is 10.6. The summed E-state index contributed by atoms with van der Waals surface area (Å²) in [4.78, 5) is 40.8. The van der Waals surface area contributed by atoms with Crippen LogP contribution in [0.4, 0.5) is 0 Å². The summed E-state index contributed by atoms with van der Waals surface area (Å²) in [7, 11) is 0. The SMILES string of the molecule is NC1CC2C(=O)N3CCC(NC(=O)C4CCC4)C3C(=O)N2C1. The second kappa shape index (κ2) is 4.94. The molecule has 3 aliphatic heterocycles. The Morgan fingerprint density at radius 3 is 2.59 bits per heavy atom. The van der Waals surface area contributed by atoms with Crippen LogP contribution in [-0.4, -0.2) is 64.8 Å². The van der Waals surface area contributed by atoms with Crippen molar-refractivity contribution in [2.45, 2.75) is 56.3 Å². The molecule has 0 radical (unpaired) electrons. The van der Waals surface area contributed by atoms with Gasteiger partial charge >= 0.3 is 0 Å². The zero-order chi connectivity index (χ0) is 15.4. The molecule has 4 atom stereocenters. The molecule has 0 spiro atoms. The van der Waals surface area contributed by atoms with Gasteiger partial charge in [-0.25, -0.2) is 0 Å². The number of nitrogens with two attached hydrogens (primary N) is 1. The normalized spacial score (nSPS) is 37.9. The van der Waals surface area contributed by atoms with Crippen molar-refractivity contribution in [2.24, 2.45) is 11.7 Å². The molecule has 3 N–H and O–H groups in total. The number of rotatable bonds is 2. The van der Waals surface area contributed by atoms with E-state index in [1.165, 1.54) is 0 Å². The largest absolute Gasteiger partial charge is 0.350 e. The summed E-state index contributed by atoms with van der Waals surface area (Å²) in [6.45, 7) is 0.993. The standard InChI is InChI=1S/C15H22N4O3/c16-9-6-11-14(21)18-5-4-10(12(18)15(22)19(11)7-9)17-13(20)8-2-1-3-8/h8-12H,1-7,16H2,(H,17,20). The van der Waals surface area contributed by atoms with Gasteiger partial charge < -0.3 is 20.9 Å². The fraction of sp³-hybridized carbons (Fsp3) is 0.800. The highest BCUT2D eigenvalue weighted by molar-refractivity contribution is 5.99. The highest BCUT2D eigenvalue weighted by Gasteiger charge is 2.54. The van der Waals surface area contributed by atoms with Gasteiger partial charge in [0, 0.05) is 25.0 Å². The van der Waals surface area contributed by atoms with E-state index in [0.29, 0.717) is 25.9 Å². The van der Waals surface area contributed by atoms with Crippen molar-refractivity contribution >= 4 is 17.7 Å². The van der Waals surface area contributed by atoms with Gasteiger partial charge in [0.25, 0.3) is 0 Å². The summed E-state index contributed by atoms with van der Waals surface area (Å²) in [5, 5.41) is 3.01. The summed E-state index contributed by atoms with van der Waals surface area (Å²) in [6, 6.07) is -1.29. The van der Waals surface area contributed by atoms with E-state index in [9.17, 15) is 14.4 Å². The van der Waals surface area contributed by atoms with E-state index in [-0.39, 0.29) is 41.8 Å². The third kappa shape index (κ3) is 1.95. The lowest BCUT2D eigenvalue weighted by molar-refractivity contribution is -0.157. The number of hydrogen-bond acceptors (Lipinski definition) is 4. The number of nitrogens with zero attached hydrogens (tertiary/aromatic N) is 2. The van der Waals surface area contributed by atoms with Crippen LogP contribution in [0.25, 0.3) is 0 Å². The highest BCUT2D eigenvalue weighted by Crippen LogP contribution is 2.33. The van der Waals surface area contributed by atoms with E-state index >= 15 is 0 Å². The Labute approximate surface area is 129 Å². The van der Waals surface area contributed by atoms with Gasteiger partial charge in [0.2, 0.25) is 17.7 Å². The Kier molecular flexibility index (Phi) is 3.14. The molecule has 0 bridgehead atoms. The first-order valence-electron chi connectivity index (χ1n) is 8.23. The Hall–Kier alpha value is -1.63. The molecule has 7 nitrogen and oxygen atoms in total. The maximum Gasteiger partial charge on any atom is 0.248 e. The molecule has 4 rings (SSSR count). The van der Waals surface area contributed by atoms with Crippen molar-refractivity contribution < 1.29 is 14.4 Å². The molecule has 4 fully saturated rings. The van der Waals surface area contributed by atoms with Crippen molar-refractivity contribution in [3.05, 3.63) is 0 Å². The minimum Gasteiger partial charge on any atom is -0.350 e. The molecular formula is C15H22N4O3. The number of carbonyl (C=O) groups excluding carboxylic acids is 3. The predicted octanol–water partition coefficient (Wildman–Crippen LogP) is -1.19. The second-order valence-corrected chi connectivity index (χ2v) is 7.01. The summed E-state index contributed by atoms with van der Waals surface area (Å²) in [6.07, 6.45) is 4.18. The lowest BCUT2D eigenvalue weighted by atomic mass is 9.84. The number of piperazine rings is 1. The Morgan fingerprint density at radius 1 is 1.14 bits per heavy atom. The average molecular weight is 306 g/mol. The Balaban J connectivity index is 1.52. The molecule has 0 aromatic heterocycles. The molecule has 120 valence electrons. The molecule has 22 heavy (non-hydrogen) atoms. The van der Waals surface area contributed by atoms with Gasteiger partial charge in [0.1, 0.15) is 12.1 Å². The van der Waals surface area contributed by atoms with Crippen LogP contribution in [0.5, 0.6) is 0 Å². The molecule has 3 amide bonds. The fourth-order valence-electron chi connectivity index (χ4n) is 4.17. The minimum atomic E-state index is -0.530. The molecule has 0 aromatic rings. The molecule has 7 heteroatoms. The first-order valence-corrected chi connectivity index (χ1v) is 8.23. The van der Waals surface area contributed by atoms with E-state index in [1.807, 2.05) is 0 Å². The monoisotopic (exact) mass is 306 g/mol. The molecule has 4 aliphatic rings. The van der Waals surface area contributed by atoms with Crippen LogP contribution in [0.2, 0.25) is 0 Å². The third-order valence-electron chi connectivity index (χ3n) is 5.64. The Bertz CT molecular complexity index is 533. The van der Waals surface area contributed by atoms with E-state index in [1.54, 1.807) is 9.80 Å². The van der Waals surface area contributed by atoms with Crippen LogP contribution in [0.3, 0.4) is 0 Å². The topological polar surface area (TPSA) is 95.7 Å². The molecule has 3 heterocycles. The summed E-state index contributed by atoms with van der Waals surface area (Å²) >= 11 is 0. The van der Waals surface area contributed by atoms with E-state index in [0.717, 1.165) is 19.3 Å². The van der Waals surface area contributed by atoms with Crippen LogP contribution in [0.1, 0.15) is 32.1 Å². The van der Waals surface area contributed by atoms with Crippen LogP contribution in [0, 0.1) is 5.92 Å². The highest BCUT2D eigenvalue weighted by atomic mass is 16.2. The number of hydrogen-bond donors (Lipinski definition) is 2. The van der Waals surface area contributed by atoms with Crippen molar-refractivity contribution in [1.29, 1.82) is 0 Å². The van der Waals surface area contributed by atoms with Crippen LogP contribution in [0.15, 0.2) is 0 Å². The van der Waals surface area contributed by atoms with Gasteiger partial charge in [0.05, 0.1) is 6.04 Å². The van der Waals surface area contributed by atoms with Gasteiger partial charge in [-0.15, -0.1) is 0 Å². The minimum absolute atomic E-state index is 0.00190. The van der Waals surface area contributed by atoms with Gasteiger partial charge in [0.15, 0.2) is 0 Å². The molecule has 1 saturated carbocycles. The average Bonchev–Trinajstić information content (AvgIpc) is 2.98. The molecular weight excluding hydrogens is 284 g/mol. The lowest BCUT2D eigenvalue weighted by Crippen LogP contribution is -2.64. The Morgan fingerprint density at radius 2 is 1.91 bits per heavy atom. The molecule has 0 aromatic carbocycles. The number of fused-ring (bicyclic) bond motifs is 2. The van der Waals surface area contributed by atoms with Crippen molar-refractivity contribution in [1.82, 2.24) is 15.1 Å². The van der Waals surface area contributed by atoms with Crippen LogP contribution in [-0.2, 0) is 14.4 Å². The van der Waals surface area contributed by atoms with Gasteiger partial charge in [-0.1, -0.05) is 6.42 Å². The van der Waals surface area contributed by atoms with Gasteiger partial charge in [-0.05, 0) is 25.7 Å².